The molecule has 0 saturated heterocycles. The maximum absolute atomic E-state index is 12.6. The Morgan fingerprint density at radius 2 is 0.688 bits per heavy atom. The lowest BCUT2D eigenvalue weighted by Crippen LogP contribution is -2.30. The van der Waals surface area contributed by atoms with Crippen LogP contribution in [-0.4, -0.2) is 37.2 Å². The molecule has 0 fully saturated rings. The molecule has 0 aliphatic carbocycles. The standard InChI is InChI=1S/C42H80O6/c1-6-7-8-20-27-32-40(43)46-35-39(48-42(45)34-29-24-19-15-14-17-22-26-31-38(4)5)36-47-41(44)33-28-23-18-13-11-9-10-12-16-21-25-30-37(2)3/h37-39H,6-36H2,1-5H3/t39-/m0/s1. The Morgan fingerprint density at radius 1 is 0.396 bits per heavy atom. The molecule has 0 aliphatic heterocycles. The van der Waals surface area contributed by atoms with Crippen LogP contribution in [0.2, 0.25) is 0 Å². The summed E-state index contributed by atoms with van der Waals surface area (Å²) in [5.74, 6) is 0.742. The van der Waals surface area contributed by atoms with E-state index in [0.29, 0.717) is 19.3 Å². The predicted molar refractivity (Wildman–Crippen MR) is 201 cm³/mol. The van der Waals surface area contributed by atoms with Crippen LogP contribution < -0.4 is 0 Å². The maximum atomic E-state index is 12.6. The number of esters is 3. The topological polar surface area (TPSA) is 78.9 Å². The van der Waals surface area contributed by atoms with Gasteiger partial charge in [0.05, 0.1) is 0 Å². The fraction of sp³-hybridized carbons (Fsp3) is 0.929. The number of carbonyl (C=O) groups excluding carboxylic acids is 3. The van der Waals surface area contributed by atoms with Gasteiger partial charge in [0.2, 0.25) is 0 Å². The molecule has 6 heteroatoms. The van der Waals surface area contributed by atoms with Crippen molar-refractivity contribution < 1.29 is 28.6 Å². The average Bonchev–Trinajstić information content (AvgIpc) is 3.04. The number of ether oxygens (including phenoxy) is 3. The Labute approximate surface area is 298 Å². The zero-order chi connectivity index (χ0) is 35.5. The Morgan fingerprint density at radius 3 is 1.02 bits per heavy atom. The molecule has 0 saturated carbocycles. The third-order valence-electron chi connectivity index (χ3n) is 9.22. The van der Waals surface area contributed by atoms with E-state index in [9.17, 15) is 14.4 Å². The van der Waals surface area contributed by atoms with Gasteiger partial charge in [0.1, 0.15) is 13.2 Å². The van der Waals surface area contributed by atoms with Crippen molar-refractivity contribution in [2.24, 2.45) is 11.8 Å². The minimum atomic E-state index is -0.758. The van der Waals surface area contributed by atoms with Crippen LogP contribution in [0.1, 0.15) is 221 Å². The second-order valence-corrected chi connectivity index (χ2v) is 15.2. The first-order chi connectivity index (χ1) is 23.2. The van der Waals surface area contributed by atoms with Gasteiger partial charge in [0, 0.05) is 19.3 Å². The van der Waals surface area contributed by atoms with Gasteiger partial charge in [-0.3, -0.25) is 14.4 Å². The number of hydrogen-bond donors (Lipinski definition) is 0. The van der Waals surface area contributed by atoms with Gasteiger partial charge in [-0.2, -0.15) is 0 Å². The van der Waals surface area contributed by atoms with Crippen LogP contribution in [0.3, 0.4) is 0 Å². The molecule has 6 nitrogen and oxygen atoms in total. The molecular formula is C42H80O6. The number of unbranched alkanes of at least 4 members (excludes halogenated alkanes) is 21. The van der Waals surface area contributed by atoms with Gasteiger partial charge < -0.3 is 14.2 Å². The van der Waals surface area contributed by atoms with Crippen molar-refractivity contribution in [3.05, 3.63) is 0 Å². The first-order valence-corrected chi connectivity index (χ1v) is 20.7. The highest BCUT2D eigenvalue weighted by molar-refractivity contribution is 5.71. The van der Waals surface area contributed by atoms with Crippen LogP contribution in [0.5, 0.6) is 0 Å². The summed E-state index contributed by atoms with van der Waals surface area (Å²) in [5, 5.41) is 0. The number of hydrogen-bond acceptors (Lipinski definition) is 6. The Balaban J connectivity index is 4.23. The van der Waals surface area contributed by atoms with E-state index in [1.807, 2.05) is 0 Å². The summed E-state index contributed by atoms with van der Waals surface area (Å²) in [6.07, 6.45) is 31.2. The molecule has 0 rings (SSSR count). The highest BCUT2D eigenvalue weighted by Crippen LogP contribution is 2.16. The molecule has 0 N–H and O–H groups in total. The first kappa shape index (κ1) is 46.4. The monoisotopic (exact) mass is 681 g/mol. The van der Waals surface area contributed by atoms with Gasteiger partial charge in [-0.05, 0) is 31.1 Å². The summed E-state index contributed by atoms with van der Waals surface area (Å²) in [7, 11) is 0. The highest BCUT2D eigenvalue weighted by Gasteiger charge is 2.19. The largest absolute Gasteiger partial charge is 0.462 e. The smallest absolute Gasteiger partial charge is 0.306 e. The van der Waals surface area contributed by atoms with E-state index in [4.69, 9.17) is 14.2 Å². The van der Waals surface area contributed by atoms with Crippen LogP contribution in [0.4, 0.5) is 0 Å². The van der Waals surface area contributed by atoms with E-state index in [1.54, 1.807) is 0 Å². The van der Waals surface area contributed by atoms with E-state index in [-0.39, 0.29) is 31.1 Å². The molecular weight excluding hydrogens is 600 g/mol. The molecule has 0 aromatic rings. The van der Waals surface area contributed by atoms with Crippen LogP contribution in [0.25, 0.3) is 0 Å². The van der Waals surface area contributed by atoms with E-state index in [2.05, 4.69) is 34.6 Å². The average molecular weight is 681 g/mol. The van der Waals surface area contributed by atoms with Crippen LogP contribution in [0, 0.1) is 11.8 Å². The van der Waals surface area contributed by atoms with Gasteiger partial charge in [-0.25, -0.2) is 0 Å². The van der Waals surface area contributed by atoms with Crippen LogP contribution in [-0.2, 0) is 28.6 Å². The second kappa shape index (κ2) is 35.2. The lowest BCUT2D eigenvalue weighted by atomic mass is 10.0. The molecule has 0 amide bonds. The van der Waals surface area contributed by atoms with Crippen molar-refractivity contribution in [3.63, 3.8) is 0 Å². The van der Waals surface area contributed by atoms with Crippen molar-refractivity contribution in [2.45, 2.75) is 227 Å². The third-order valence-corrected chi connectivity index (χ3v) is 9.22. The molecule has 0 unspecified atom stereocenters. The summed E-state index contributed by atoms with van der Waals surface area (Å²) < 4.78 is 16.5. The molecule has 284 valence electrons. The lowest BCUT2D eigenvalue weighted by Gasteiger charge is -2.18. The van der Waals surface area contributed by atoms with Crippen molar-refractivity contribution >= 4 is 17.9 Å². The van der Waals surface area contributed by atoms with Crippen molar-refractivity contribution in [3.8, 4) is 0 Å². The fourth-order valence-corrected chi connectivity index (χ4v) is 6.05. The number of carbonyl (C=O) groups is 3. The Hall–Kier alpha value is -1.59. The molecule has 0 radical (unpaired) electrons. The van der Waals surface area contributed by atoms with Gasteiger partial charge in [0.25, 0.3) is 0 Å². The van der Waals surface area contributed by atoms with Gasteiger partial charge in [-0.15, -0.1) is 0 Å². The summed E-state index contributed by atoms with van der Waals surface area (Å²) in [6.45, 7) is 11.2. The molecule has 0 heterocycles. The number of rotatable bonds is 36. The molecule has 0 aromatic heterocycles. The van der Waals surface area contributed by atoms with E-state index in [1.165, 1.54) is 103 Å². The van der Waals surface area contributed by atoms with Gasteiger partial charge in [-0.1, -0.05) is 182 Å². The summed E-state index contributed by atoms with van der Waals surface area (Å²) in [6, 6.07) is 0. The second-order valence-electron chi connectivity index (χ2n) is 15.2. The summed E-state index contributed by atoms with van der Waals surface area (Å²) >= 11 is 0. The SMILES string of the molecule is CCCCCCCC(=O)OC[C@@H](COC(=O)CCCCCCCCCCCCCC(C)C)OC(=O)CCCCCCCCCCC(C)C. The third kappa shape index (κ3) is 35.7. The molecule has 0 spiro atoms. The van der Waals surface area contributed by atoms with E-state index >= 15 is 0 Å². The minimum absolute atomic E-state index is 0.0668. The Kier molecular flexibility index (Phi) is 34.1. The van der Waals surface area contributed by atoms with Crippen molar-refractivity contribution in [2.75, 3.05) is 13.2 Å². The van der Waals surface area contributed by atoms with Crippen LogP contribution >= 0.6 is 0 Å². The van der Waals surface area contributed by atoms with E-state index < -0.39 is 6.10 Å². The predicted octanol–water partition coefficient (Wildman–Crippen LogP) is 12.6. The summed E-state index contributed by atoms with van der Waals surface area (Å²) in [5.41, 5.74) is 0. The zero-order valence-corrected chi connectivity index (χ0v) is 32.6. The van der Waals surface area contributed by atoms with Crippen molar-refractivity contribution in [1.29, 1.82) is 0 Å². The van der Waals surface area contributed by atoms with E-state index in [0.717, 1.165) is 76.0 Å². The minimum Gasteiger partial charge on any atom is -0.462 e. The normalized spacial score (nSPS) is 12.1. The Bertz CT molecular complexity index is 734. The molecule has 0 bridgehead atoms. The molecule has 0 aromatic carbocycles. The quantitative estimate of drug-likeness (QED) is 0.0372. The molecule has 1 atom stereocenters. The molecule has 0 aliphatic rings. The van der Waals surface area contributed by atoms with Gasteiger partial charge in [0.15, 0.2) is 6.10 Å². The van der Waals surface area contributed by atoms with Gasteiger partial charge >= 0.3 is 17.9 Å². The maximum Gasteiger partial charge on any atom is 0.306 e. The first-order valence-electron chi connectivity index (χ1n) is 20.7. The van der Waals surface area contributed by atoms with Crippen molar-refractivity contribution in [1.82, 2.24) is 0 Å². The highest BCUT2D eigenvalue weighted by atomic mass is 16.6. The zero-order valence-electron chi connectivity index (χ0n) is 32.6. The van der Waals surface area contributed by atoms with Crippen LogP contribution in [0.15, 0.2) is 0 Å². The molecule has 48 heavy (non-hydrogen) atoms. The fourth-order valence-electron chi connectivity index (χ4n) is 6.05. The summed E-state index contributed by atoms with van der Waals surface area (Å²) in [4.78, 5) is 37.3. The lowest BCUT2D eigenvalue weighted by molar-refractivity contribution is -0.167.